The van der Waals surface area contributed by atoms with Crippen molar-refractivity contribution in [1.29, 1.82) is 0 Å². The van der Waals surface area contributed by atoms with Crippen LogP contribution in [0.3, 0.4) is 0 Å². The number of aryl methyl sites for hydroxylation is 1. The van der Waals surface area contributed by atoms with Crippen molar-refractivity contribution in [2.24, 2.45) is 0 Å². The predicted octanol–water partition coefficient (Wildman–Crippen LogP) is 4.19. The molecule has 0 spiro atoms. The Bertz CT molecular complexity index is 791. The third kappa shape index (κ3) is 3.28. The van der Waals surface area contributed by atoms with E-state index in [4.69, 9.17) is 4.42 Å². The summed E-state index contributed by atoms with van der Waals surface area (Å²) in [5, 5.41) is 6.92. The molecule has 0 saturated carbocycles. The van der Waals surface area contributed by atoms with Crippen LogP contribution in [0.2, 0.25) is 0 Å². The molecule has 0 aliphatic carbocycles. The second kappa shape index (κ2) is 6.65. The minimum Gasteiger partial charge on any atom is -0.445 e. The fourth-order valence-electron chi connectivity index (χ4n) is 3.05. The van der Waals surface area contributed by atoms with E-state index in [9.17, 15) is 0 Å². The standard InChI is InChI=1S/C18H20N4OS/c1-13-12-24-18(20-13)22-8-5-15(6-9-22)21-16-4-2-3-14(11-16)17-19-7-10-23-17/h2-4,7,10-12,15,21H,5-6,8-9H2,1H3. The minimum absolute atomic E-state index is 0.488. The van der Waals surface area contributed by atoms with Crippen molar-refractivity contribution in [3.8, 4) is 11.5 Å². The summed E-state index contributed by atoms with van der Waals surface area (Å²) >= 11 is 1.74. The Morgan fingerprint density at radius 2 is 2.17 bits per heavy atom. The summed E-state index contributed by atoms with van der Waals surface area (Å²) in [6.45, 7) is 4.14. The van der Waals surface area contributed by atoms with Gasteiger partial charge in [-0.25, -0.2) is 9.97 Å². The Labute approximate surface area is 145 Å². The molecule has 1 N–H and O–H groups in total. The second-order valence-electron chi connectivity index (χ2n) is 6.10. The number of thiazole rings is 1. The molecule has 6 heteroatoms. The van der Waals surface area contributed by atoms with Crippen LogP contribution in [-0.4, -0.2) is 29.1 Å². The molecule has 5 nitrogen and oxygen atoms in total. The van der Waals surface area contributed by atoms with Gasteiger partial charge in [0, 0.05) is 35.8 Å². The van der Waals surface area contributed by atoms with Gasteiger partial charge in [-0.15, -0.1) is 11.3 Å². The first-order valence-electron chi connectivity index (χ1n) is 8.21. The molecule has 1 saturated heterocycles. The first-order chi connectivity index (χ1) is 11.8. The summed E-state index contributed by atoms with van der Waals surface area (Å²) in [7, 11) is 0. The fourth-order valence-corrected chi connectivity index (χ4v) is 3.90. The van der Waals surface area contributed by atoms with Crippen LogP contribution in [0.1, 0.15) is 18.5 Å². The Morgan fingerprint density at radius 3 is 2.88 bits per heavy atom. The molecule has 0 amide bonds. The summed E-state index contributed by atoms with van der Waals surface area (Å²) in [5.74, 6) is 0.660. The number of rotatable bonds is 4. The quantitative estimate of drug-likeness (QED) is 0.772. The van der Waals surface area contributed by atoms with Crippen LogP contribution in [0.5, 0.6) is 0 Å². The van der Waals surface area contributed by atoms with E-state index in [1.165, 1.54) is 0 Å². The number of hydrogen-bond acceptors (Lipinski definition) is 6. The lowest BCUT2D eigenvalue weighted by Crippen LogP contribution is -2.39. The molecule has 3 heterocycles. The van der Waals surface area contributed by atoms with Gasteiger partial charge in [-0.1, -0.05) is 6.07 Å². The van der Waals surface area contributed by atoms with Crippen LogP contribution in [0.15, 0.2) is 46.5 Å². The monoisotopic (exact) mass is 340 g/mol. The van der Waals surface area contributed by atoms with E-state index in [1.54, 1.807) is 23.8 Å². The van der Waals surface area contributed by atoms with Gasteiger partial charge in [0.15, 0.2) is 5.13 Å². The highest BCUT2D eigenvalue weighted by molar-refractivity contribution is 7.13. The van der Waals surface area contributed by atoms with Crippen LogP contribution >= 0.6 is 11.3 Å². The average molecular weight is 340 g/mol. The van der Waals surface area contributed by atoms with Gasteiger partial charge < -0.3 is 14.6 Å². The highest BCUT2D eigenvalue weighted by Crippen LogP contribution is 2.26. The highest BCUT2D eigenvalue weighted by Gasteiger charge is 2.21. The maximum Gasteiger partial charge on any atom is 0.225 e. The molecule has 4 rings (SSSR count). The van der Waals surface area contributed by atoms with Crippen molar-refractivity contribution in [2.75, 3.05) is 23.3 Å². The molecule has 0 bridgehead atoms. The Morgan fingerprint density at radius 1 is 1.29 bits per heavy atom. The predicted molar refractivity (Wildman–Crippen MR) is 97.6 cm³/mol. The molecule has 2 aromatic heterocycles. The van der Waals surface area contributed by atoms with E-state index < -0.39 is 0 Å². The van der Waals surface area contributed by atoms with E-state index >= 15 is 0 Å². The molecular weight excluding hydrogens is 320 g/mol. The maximum absolute atomic E-state index is 5.38. The fraction of sp³-hybridized carbons (Fsp3) is 0.333. The van der Waals surface area contributed by atoms with Crippen LogP contribution in [-0.2, 0) is 0 Å². The number of oxazole rings is 1. The first kappa shape index (κ1) is 15.2. The number of benzene rings is 1. The van der Waals surface area contributed by atoms with Gasteiger partial charge in [-0.2, -0.15) is 0 Å². The van der Waals surface area contributed by atoms with Gasteiger partial charge in [-0.05, 0) is 38.0 Å². The normalized spacial score (nSPS) is 15.6. The number of nitrogens with one attached hydrogen (secondary N) is 1. The lowest BCUT2D eigenvalue weighted by Gasteiger charge is -2.32. The average Bonchev–Trinajstić information content (AvgIpc) is 3.28. The molecule has 0 radical (unpaired) electrons. The third-order valence-electron chi connectivity index (χ3n) is 4.28. The van der Waals surface area contributed by atoms with Gasteiger partial charge in [-0.3, -0.25) is 0 Å². The van der Waals surface area contributed by atoms with Gasteiger partial charge in [0.1, 0.15) is 6.26 Å². The first-order valence-corrected chi connectivity index (χ1v) is 9.09. The van der Waals surface area contributed by atoms with Crippen molar-refractivity contribution < 1.29 is 4.42 Å². The van der Waals surface area contributed by atoms with Crippen LogP contribution in [0.25, 0.3) is 11.5 Å². The highest BCUT2D eigenvalue weighted by atomic mass is 32.1. The Kier molecular flexibility index (Phi) is 4.21. The van der Waals surface area contributed by atoms with Crippen molar-refractivity contribution in [2.45, 2.75) is 25.8 Å². The van der Waals surface area contributed by atoms with E-state index in [-0.39, 0.29) is 0 Å². The van der Waals surface area contributed by atoms with Crippen molar-refractivity contribution in [1.82, 2.24) is 9.97 Å². The molecule has 1 aliphatic rings. The molecule has 0 atom stereocenters. The molecule has 3 aromatic rings. The van der Waals surface area contributed by atoms with Gasteiger partial charge in [0.2, 0.25) is 5.89 Å². The third-order valence-corrected chi connectivity index (χ3v) is 5.30. The lowest BCUT2D eigenvalue weighted by atomic mass is 10.0. The van der Waals surface area contributed by atoms with Crippen LogP contribution < -0.4 is 10.2 Å². The summed E-state index contributed by atoms with van der Waals surface area (Å²) in [6, 6.07) is 8.74. The summed E-state index contributed by atoms with van der Waals surface area (Å²) in [6.07, 6.45) is 5.50. The van der Waals surface area contributed by atoms with Gasteiger partial charge >= 0.3 is 0 Å². The molecule has 1 fully saturated rings. The van der Waals surface area contributed by atoms with Crippen molar-refractivity contribution >= 4 is 22.2 Å². The number of nitrogens with zero attached hydrogens (tertiary/aromatic N) is 3. The van der Waals surface area contributed by atoms with Gasteiger partial charge in [0.25, 0.3) is 0 Å². The summed E-state index contributed by atoms with van der Waals surface area (Å²) in [5.41, 5.74) is 3.23. The van der Waals surface area contributed by atoms with Crippen molar-refractivity contribution in [3.05, 3.63) is 47.8 Å². The van der Waals surface area contributed by atoms with E-state index in [2.05, 4.69) is 44.6 Å². The summed E-state index contributed by atoms with van der Waals surface area (Å²) < 4.78 is 5.38. The Hall–Kier alpha value is -2.34. The molecular formula is C18H20N4OS. The number of piperidine rings is 1. The van der Waals surface area contributed by atoms with E-state index in [1.807, 2.05) is 12.1 Å². The second-order valence-corrected chi connectivity index (χ2v) is 6.93. The zero-order valence-electron chi connectivity index (χ0n) is 13.6. The molecule has 0 unspecified atom stereocenters. The topological polar surface area (TPSA) is 54.2 Å². The van der Waals surface area contributed by atoms with Gasteiger partial charge in [0.05, 0.1) is 11.9 Å². The van der Waals surface area contributed by atoms with Crippen LogP contribution in [0, 0.1) is 6.92 Å². The zero-order valence-corrected chi connectivity index (χ0v) is 14.4. The van der Waals surface area contributed by atoms with Crippen LogP contribution in [0.4, 0.5) is 10.8 Å². The Balaban J connectivity index is 1.38. The molecule has 1 aliphatic heterocycles. The largest absolute Gasteiger partial charge is 0.445 e. The van der Waals surface area contributed by atoms with E-state index in [0.29, 0.717) is 11.9 Å². The molecule has 124 valence electrons. The zero-order chi connectivity index (χ0) is 16.4. The SMILES string of the molecule is Cc1csc(N2CCC(Nc3cccc(-c4ncco4)c3)CC2)n1. The minimum atomic E-state index is 0.488. The molecule has 1 aromatic carbocycles. The molecule has 24 heavy (non-hydrogen) atoms. The smallest absolute Gasteiger partial charge is 0.225 e. The number of anilines is 2. The number of aromatic nitrogens is 2. The summed E-state index contributed by atoms with van der Waals surface area (Å²) in [4.78, 5) is 11.2. The number of hydrogen-bond donors (Lipinski definition) is 1. The lowest BCUT2D eigenvalue weighted by molar-refractivity contribution is 0.526. The maximum atomic E-state index is 5.38. The van der Waals surface area contributed by atoms with E-state index in [0.717, 1.165) is 48.0 Å². The van der Waals surface area contributed by atoms with Crippen molar-refractivity contribution in [3.63, 3.8) is 0 Å².